The highest BCUT2D eigenvalue weighted by Crippen LogP contribution is 2.27. The van der Waals surface area contributed by atoms with Gasteiger partial charge in [-0.15, -0.1) is 0 Å². The molecule has 1 amide bonds. The number of amides is 1. The monoisotopic (exact) mass is 261 g/mol. The number of nitrogens with one attached hydrogen (secondary N) is 1. The van der Waals surface area contributed by atoms with Crippen LogP contribution >= 0.6 is 0 Å². The normalized spacial score (nSPS) is 9.58. The summed E-state index contributed by atoms with van der Waals surface area (Å²) in [5.74, 6) is 0.552. The Labute approximate surface area is 113 Å². The first-order chi connectivity index (χ1) is 9.10. The van der Waals surface area contributed by atoms with E-state index in [1.54, 1.807) is 13.2 Å². The molecule has 1 N–H and O–H groups in total. The second kappa shape index (κ2) is 7.27. The van der Waals surface area contributed by atoms with Gasteiger partial charge in [-0.1, -0.05) is 0 Å². The Bertz CT molecular complexity index is 480. The molecule has 0 spiro atoms. The van der Waals surface area contributed by atoms with E-state index >= 15 is 0 Å². The third-order valence-corrected chi connectivity index (χ3v) is 2.69. The van der Waals surface area contributed by atoms with Crippen molar-refractivity contribution in [3.8, 4) is 11.8 Å². The van der Waals surface area contributed by atoms with Crippen molar-refractivity contribution in [1.29, 1.82) is 5.26 Å². The molecule has 0 heterocycles. The Hall–Kier alpha value is -2.22. The Morgan fingerprint density at radius 1 is 1.47 bits per heavy atom. The van der Waals surface area contributed by atoms with Crippen molar-refractivity contribution in [2.45, 2.75) is 20.3 Å². The summed E-state index contributed by atoms with van der Waals surface area (Å²) >= 11 is 0. The van der Waals surface area contributed by atoms with E-state index in [-0.39, 0.29) is 5.91 Å². The first-order valence-corrected chi connectivity index (χ1v) is 6.19. The van der Waals surface area contributed by atoms with Crippen molar-refractivity contribution < 1.29 is 9.53 Å². The summed E-state index contributed by atoms with van der Waals surface area (Å²) in [6.07, 6.45) is 0.459. The van der Waals surface area contributed by atoms with Gasteiger partial charge in [0, 0.05) is 43.5 Å². The number of carbonyl (C=O) groups is 1. The molecule has 0 fully saturated rings. The van der Waals surface area contributed by atoms with Crippen LogP contribution in [0.2, 0.25) is 0 Å². The van der Waals surface area contributed by atoms with Gasteiger partial charge in [0.25, 0.3) is 0 Å². The first-order valence-electron chi connectivity index (χ1n) is 6.19. The number of benzene rings is 1. The van der Waals surface area contributed by atoms with E-state index in [4.69, 9.17) is 10.00 Å². The Morgan fingerprint density at radius 3 is 2.74 bits per heavy atom. The van der Waals surface area contributed by atoms with E-state index in [1.807, 2.05) is 19.1 Å². The molecule has 0 aliphatic carbocycles. The van der Waals surface area contributed by atoms with Crippen molar-refractivity contribution in [3.63, 3.8) is 0 Å². The van der Waals surface area contributed by atoms with E-state index < -0.39 is 0 Å². The van der Waals surface area contributed by atoms with Crippen molar-refractivity contribution in [2.24, 2.45) is 0 Å². The summed E-state index contributed by atoms with van der Waals surface area (Å²) in [6, 6.07) is 7.68. The number of methoxy groups -OCH3 is 1. The van der Waals surface area contributed by atoms with E-state index in [0.717, 1.165) is 12.2 Å². The summed E-state index contributed by atoms with van der Waals surface area (Å²) in [4.78, 5) is 13.2. The van der Waals surface area contributed by atoms with Gasteiger partial charge in [0.05, 0.1) is 19.6 Å². The van der Waals surface area contributed by atoms with Crippen LogP contribution < -0.4 is 15.0 Å². The molecule has 0 aliphatic heterocycles. The number of hydrogen-bond acceptors (Lipinski definition) is 4. The summed E-state index contributed by atoms with van der Waals surface area (Å²) in [6.45, 7) is 4.93. The SMILES string of the molecule is CCN(CCC#N)c1cc(NC(C)=O)cc(OC)c1. The second-order valence-electron chi connectivity index (χ2n) is 4.09. The zero-order valence-electron chi connectivity index (χ0n) is 11.6. The maximum atomic E-state index is 11.1. The molecule has 5 nitrogen and oxygen atoms in total. The maximum absolute atomic E-state index is 11.1. The van der Waals surface area contributed by atoms with Crippen molar-refractivity contribution in [2.75, 3.05) is 30.4 Å². The fraction of sp³-hybridized carbons (Fsp3) is 0.429. The lowest BCUT2D eigenvalue weighted by molar-refractivity contribution is -0.114. The van der Waals surface area contributed by atoms with Crippen LogP contribution in [0.1, 0.15) is 20.3 Å². The number of anilines is 2. The number of nitrogens with zero attached hydrogens (tertiary/aromatic N) is 2. The molecular formula is C14H19N3O2. The van der Waals surface area contributed by atoms with Gasteiger partial charge in [-0.3, -0.25) is 4.79 Å². The first kappa shape index (κ1) is 14.8. The average Bonchev–Trinajstić information content (AvgIpc) is 2.38. The van der Waals surface area contributed by atoms with Gasteiger partial charge >= 0.3 is 0 Å². The van der Waals surface area contributed by atoms with Gasteiger partial charge in [-0.05, 0) is 13.0 Å². The molecule has 0 aliphatic rings. The summed E-state index contributed by atoms with van der Waals surface area (Å²) in [7, 11) is 1.59. The summed E-state index contributed by atoms with van der Waals surface area (Å²) in [5.41, 5.74) is 1.62. The predicted molar refractivity (Wildman–Crippen MR) is 75.4 cm³/mol. The lowest BCUT2D eigenvalue weighted by Gasteiger charge is -2.23. The maximum Gasteiger partial charge on any atom is 0.221 e. The quantitative estimate of drug-likeness (QED) is 0.854. The van der Waals surface area contributed by atoms with E-state index in [1.165, 1.54) is 6.92 Å². The molecule has 0 saturated carbocycles. The lowest BCUT2D eigenvalue weighted by atomic mass is 10.2. The minimum absolute atomic E-state index is 0.126. The Kier molecular flexibility index (Phi) is 5.68. The highest BCUT2D eigenvalue weighted by atomic mass is 16.5. The van der Waals surface area contributed by atoms with Gasteiger partial charge in [0.2, 0.25) is 5.91 Å². The Balaban J connectivity index is 3.03. The number of ether oxygens (including phenoxy) is 1. The van der Waals surface area contributed by atoms with Crippen LogP contribution in [0.5, 0.6) is 5.75 Å². The number of hydrogen-bond donors (Lipinski definition) is 1. The highest BCUT2D eigenvalue weighted by Gasteiger charge is 2.08. The summed E-state index contributed by atoms with van der Waals surface area (Å²) in [5, 5.41) is 11.4. The average molecular weight is 261 g/mol. The highest BCUT2D eigenvalue weighted by molar-refractivity contribution is 5.89. The van der Waals surface area contributed by atoms with Crippen LogP contribution in [0.25, 0.3) is 0 Å². The molecule has 0 aromatic heterocycles. The molecule has 0 bridgehead atoms. The molecule has 1 rings (SSSR count). The van der Waals surface area contributed by atoms with Crippen LogP contribution in [0.3, 0.4) is 0 Å². The third-order valence-electron chi connectivity index (χ3n) is 2.69. The third kappa shape index (κ3) is 4.51. The largest absolute Gasteiger partial charge is 0.497 e. The van der Waals surface area contributed by atoms with Crippen LogP contribution in [-0.2, 0) is 4.79 Å². The van der Waals surface area contributed by atoms with E-state index in [0.29, 0.717) is 24.4 Å². The fourth-order valence-corrected chi connectivity index (χ4v) is 1.81. The Morgan fingerprint density at radius 2 is 2.21 bits per heavy atom. The van der Waals surface area contributed by atoms with Gasteiger partial charge in [-0.25, -0.2) is 0 Å². The fourth-order valence-electron chi connectivity index (χ4n) is 1.81. The smallest absolute Gasteiger partial charge is 0.221 e. The van der Waals surface area contributed by atoms with Crippen LogP contribution in [0, 0.1) is 11.3 Å². The molecule has 0 saturated heterocycles. The van der Waals surface area contributed by atoms with Crippen molar-refractivity contribution in [3.05, 3.63) is 18.2 Å². The molecule has 102 valence electrons. The molecule has 5 heteroatoms. The number of rotatable bonds is 6. The minimum Gasteiger partial charge on any atom is -0.497 e. The van der Waals surface area contributed by atoms with Crippen molar-refractivity contribution >= 4 is 17.3 Å². The second-order valence-corrected chi connectivity index (χ2v) is 4.09. The topological polar surface area (TPSA) is 65.4 Å². The zero-order valence-corrected chi connectivity index (χ0v) is 11.6. The molecule has 1 aromatic rings. The van der Waals surface area contributed by atoms with E-state index in [9.17, 15) is 4.79 Å². The molecule has 0 unspecified atom stereocenters. The number of carbonyl (C=O) groups excluding carboxylic acids is 1. The van der Waals surface area contributed by atoms with Gasteiger partial charge in [-0.2, -0.15) is 5.26 Å². The number of nitriles is 1. The van der Waals surface area contributed by atoms with Gasteiger partial charge < -0.3 is 15.0 Å². The molecule has 1 aromatic carbocycles. The van der Waals surface area contributed by atoms with Crippen LogP contribution in [-0.4, -0.2) is 26.1 Å². The van der Waals surface area contributed by atoms with Crippen LogP contribution in [0.15, 0.2) is 18.2 Å². The van der Waals surface area contributed by atoms with Crippen molar-refractivity contribution in [1.82, 2.24) is 0 Å². The van der Waals surface area contributed by atoms with Gasteiger partial charge in [0.1, 0.15) is 5.75 Å². The molecule has 0 radical (unpaired) electrons. The molecule has 0 atom stereocenters. The zero-order chi connectivity index (χ0) is 14.3. The minimum atomic E-state index is -0.126. The molecular weight excluding hydrogens is 242 g/mol. The molecule has 19 heavy (non-hydrogen) atoms. The van der Waals surface area contributed by atoms with Crippen LogP contribution in [0.4, 0.5) is 11.4 Å². The lowest BCUT2D eigenvalue weighted by Crippen LogP contribution is -2.23. The standard InChI is InChI=1S/C14H19N3O2/c1-4-17(7-5-6-15)13-8-12(16-11(2)18)9-14(10-13)19-3/h8-10H,4-5,7H2,1-3H3,(H,16,18). The van der Waals surface area contributed by atoms with E-state index in [2.05, 4.69) is 16.3 Å². The predicted octanol–water partition coefficient (Wildman–Crippen LogP) is 2.39. The van der Waals surface area contributed by atoms with Gasteiger partial charge in [0.15, 0.2) is 0 Å². The summed E-state index contributed by atoms with van der Waals surface area (Å²) < 4.78 is 5.23.